The second-order valence-corrected chi connectivity index (χ2v) is 3.73. The second-order valence-electron chi connectivity index (χ2n) is 3.73. The molecule has 0 amide bonds. The van der Waals surface area contributed by atoms with Crippen LogP contribution in [0.2, 0.25) is 0 Å². The fourth-order valence-corrected chi connectivity index (χ4v) is 1.74. The average molecular weight is 250 g/mol. The third-order valence-corrected chi connectivity index (χ3v) is 2.62. The number of hydrogen-bond acceptors (Lipinski definition) is 6. The predicted molar refractivity (Wildman–Crippen MR) is 65.0 cm³/mol. The molecular formula is C12H6N6O. The van der Waals surface area contributed by atoms with Crippen LogP contribution in [0.5, 0.6) is 0 Å². The summed E-state index contributed by atoms with van der Waals surface area (Å²) in [6, 6.07) is 9.05. The molecule has 2 N–H and O–H groups in total. The molecule has 0 aliphatic rings. The van der Waals surface area contributed by atoms with Gasteiger partial charge in [-0.25, -0.2) is 9.55 Å². The normalized spacial score (nSPS) is 10.2. The number of anilines is 1. The molecule has 0 spiro atoms. The molecule has 90 valence electrons. The molecule has 0 saturated heterocycles. The van der Waals surface area contributed by atoms with Crippen LogP contribution in [0.3, 0.4) is 0 Å². The maximum Gasteiger partial charge on any atom is 0.309 e. The summed E-state index contributed by atoms with van der Waals surface area (Å²) in [5.41, 5.74) is 7.38. The third kappa shape index (κ3) is 1.50. The Balaban J connectivity index is 2.26. The molecule has 2 heterocycles. The van der Waals surface area contributed by atoms with Gasteiger partial charge in [0.1, 0.15) is 24.0 Å². The van der Waals surface area contributed by atoms with Crippen LogP contribution in [0.1, 0.15) is 11.4 Å². The molecule has 7 heteroatoms. The molecule has 0 aliphatic carbocycles. The number of imidazole rings is 1. The summed E-state index contributed by atoms with van der Waals surface area (Å²) in [6.07, 6.45) is 1.32. The van der Waals surface area contributed by atoms with Crippen molar-refractivity contribution in [1.82, 2.24) is 14.5 Å². The Hall–Kier alpha value is -3.32. The van der Waals surface area contributed by atoms with E-state index in [1.54, 1.807) is 18.2 Å². The maximum absolute atomic E-state index is 9.05. The summed E-state index contributed by atoms with van der Waals surface area (Å²) in [6.45, 7) is 0. The van der Waals surface area contributed by atoms with Crippen LogP contribution in [0.25, 0.3) is 17.1 Å². The first-order chi connectivity index (χ1) is 9.24. The number of nitrogens with zero attached hydrogens (tertiary/aromatic N) is 5. The Bertz CT molecular complexity index is 861. The summed E-state index contributed by atoms with van der Waals surface area (Å²) in [7, 11) is 0. The van der Waals surface area contributed by atoms with Crippen molar-refractivity contribution in [2.45, 2.75) is 0 Å². The van der Waals surface area contributed by atoms with E-state index in [4.69, 9.17) is 20.7 Å². The Labute approximate surface area is 107 Å². The number of nitrogens with two attached hydrogens (primary N) is 1. The van der Waals surface area contributed by atoms with E-state index in [9.17, 15) is 0 Å². The fraction of sp³-hybridized carbons (Fsp3) is 0. The highest BCUT2D eigenvalue weighted by Crippen LogP contribution is 2.24. The highest BCUT2D eigenvalue weighted by Gasteiger charge is 2.16. The zero-order valence-corrected chi connectivity index (χ0v) is 9.53. The number of benzene rings is 1. The van der Waals surface area contributed by atoms with Gasteiger partial charge in [0.2, 0.25) is 0 Å². The smallest absolute Gasteiger partial charge is 0.309 e. The largest absolute Gasteiger partial charge is 0.423 e. The van der Waals surface area contributed by atoms with Gasteiger partial charge in [-0.3, -0.25) is 0 Å². The van der Waals surface area contributed by atoms with Gasteiger partial charge in [-0.2, -0.15) is 15.5 Å². The minimum absolute atomic E-state index is 0.0257. The zero-order valence-electron chi connectivity index (χ0n) is 9.53. The molecular weight excluding hydrogens is 244 g/mol. The lowest BCUT2D eigenvalue weighted by Gasteiger charge is -1.94. The molecule has 3 aromatic rings. The van der Waals surface area contributed by atoms with Crippen LogP contribution in [-0.4, -0.2) is 14.5 Å². The number of rotatable bonds is 1. The molecule has 0 radical (unpaired) electrons. The van der Waals surface area contributed by atoms with E-state index in [-0.39, 0.29) is 17.4 Å². The summed E-state index contributed by atoms with van der Waals surface area (Å²) in [5, 5.41) is 17.9. The summed E-state index contributed by atoms with van der Waals surface area (Å²) < 4.78 is 6.82. The van der Waals surface area contributed by atoms with E-state index in [1.165, 1.54) is 10.9 Å². The van der Waals surface area contributed by atoms with Crippen molar-refractivity contribution in [2.75, 3.05) is 5.73 Å². The van der Waals surface area contributed by atoms with Gasteiger partial charge in [0.15, 0.2) is 17.0 Å². The van der Waals surface area contributed by atoms with Crippen LogP contribution >= 0.6 is 0 Å². The summed E-state index contributed by atoms with van der Waals surface area (Å²) in [5.74, 6) is 0. The SMILES string of the molecule is N#Cc1ncn(-c2nc3c(N)cccc3o2)c1C#N. The lowest BCUT2D eigenvalue weighted by Crippen LogP contribution is -1.96. The fourth-order valence-electron chi connectivity index (χ4n) is 1.74. The first-order valence-electron chi connectivity index (χ1n) is 5.27. The molecule has 0 unspecified atom stereocenters. The number of oxazole rings is 1. The molecule has 3 rings (SSSR count). The number of para-hydroxylation sites is 1. The first-order valence-corrected chi connectivity index (χ1v) is 5.27. The molecule has 0 fully saturated rings. The molecule has 0 aliphatic heterocycles. The topological polar surface area (TPSA) is 117 Å². The van der Waals surface area contributed by atoms with Crippen LogP contribution in [0.15, 0.2) is 28.9 Å². The van der Waals surface area contributed by atoms with Crippen molar-refractivity contribution in [3.63, 3.8) is 0 Å². The predicted octanol–water partition coefficient (Wildman–Crippen LogP) is 1.34. The number of fused-ring (bicyclic) bond motifs is 1. The number of hydrogen-bond donors (Lipinski definition) is 1. The minimum Gasteiger partial charge on any atom is -0.423 e. The second kappa shape index (κ2) is 3.86. The van der Waals surface area contributed by atoms with Gasteiger partial charge in [-0.15, -0.1) is 0 Å². The van der Waals surface area contributed by atoms with E-state index in [0.29, 0.717) is 16.8 Å². The van der Waals surface area contributed by atoms with E-state index in [0.717, 1.165) is 0 Å². The van der Waals surface area contributed by atoms with Crippen molar-refractivity contribution in [1.29, 1.82) is 10.5 Å². The standard InChI is InChI=1S/C12H6N6O/c13-4-8-9(5-14)18(6-16-8)12-17-11-7(15)2-1-3-10(11)19-12/h1-3,6H,15H2. The Morgan fingerprint density at radius 1 is 1.26 bits per heavy atom. The highest BCUT2D eigenvalue weighted by molar-refractivity contribution is 5.85. The van der Waals surface area contributed by atoms with Crippen molar-refractivity contribution >= 4 is 16.8 Å². The number of aromatic nitrogens is 3. The van der Waals surface area contributed by atoms with Crippen molar-refractivity contribution in [3.8, 4) is 18.2 Å². The Morgan fingerprint density at radius 3 is 2.79 bits per heavy atom. The summed E-state index contributed by atoms with van der Waals surface area (Å²) in [4.78, 5) is 8.03. The zero-order chi connectivity index (χ0) is 13.4. The van der Waals surface area contributed by atoms with Crippen LogP contribution < -0.4 is 5.73 Å². The molecule has 19 heavy (non-hydrogen) atoms. The van der Waals surface area contributed by atoms with Crippen LogP contribution in [0.4, 0.5) is 5.69 Å². The van der Waals surface area contributed by atoms with Gasteiger partial charge in [-0.05, 0) is 12.1 Å². The van der Waals surface area contributed by atoms with Crippen molar-refractivity contribution in [2.24, 2.45) is 0 Å². The highest BCUT2D eigenvalue weighted by atomic mass is 16.4. The lowest BCUT2D eigenvalue weighted by atomic mass is 10.3. The van der Waals surface area contributed by atoms with Crippen LogP contribution in [0, 0.1) is 22.7 Å². The monoisotopic (exact) mass is 250 g/mol. The molecule has 0 atom stereocenters. The van der Waals surface area contributed by atoms with E-state index >= 15 is 0 Å². The van der Waals surface area contributed by atoms with Gasteiger partial charge in [0, 0.05) is 0 Å². The molecule has 1 aromatic carbocycles. The van der Waals surface area contributed by atoms with E-state index in [1.807, 2.05) is 12.1 Å². The van der Waals surface area contributed by atoms with Gasteiger partial charge in [-0.1, -0.05) is 6.07 Å². The van der Waals surface area contributed by atoms with Crippen molar-refractivity contribution in [3.05, 3.63) is 35.9 Å². The van der Waals surface area contributed by atoms with Gasteiger partial charge < -0.3 is 10.2 Å². The minimum atomic E-state index is 0.0257. The Kier molecular flexibility index (Phi) is 2.20. The van der Waals surface area contributed by atoms with E-state index in [2.05, 4.69) is 9.97 Å². The molecule has 0 saturated carbocycles. The van der Waals surface area contributed by atoms with Gasteiger partial charge in [0.25, 0.3) is 0 Å². The number of nitrogen functional groups attached to an aromatic ring is 1. The third-order valence-electron chi connectivity index (χ3n) is 2.62. The molecule has 0 bridgehead atoms. The summed E-state index contributed by atoms with van der Waals surface area (Å²) >= 11 is 0. The quantitative estimate of drug-likeness (QED) is 0.651. The number of nitriles is 2. The Morgan fingerprint density at radius 2 is 2.11 bits per heavy atom. The van der Waals surface area contributed by atoms with Crippen molar-refractivity contribution < 1.29 is 4.42 Å². The van der Waals surface area contributed by atoms with E-state index < -0.39 is 0 Å². The van der Waals surface area contributed by atoms with Crippen LogP contribution in [-0.2, 0) is 0 Å². The van der Waals surface area contributed by atoms with Gasteiger partial charge >= 0.3 is 6.01 Å². The molecule has 7 nitrogen and oxygen atoms in total. The maximum atomic E-state index is 9.05. The average Bonchev–Trinajstić information content (AvgIpc) is 3.01. The first kappa shape index (κ1) is 10.8. The molecule has 2 aromatic heterocycles. The lowest BCUT2D eigenvalue weighted by molar-refractivity contribution is 0.562. The van der Waals surface area contributed by atoms with Gasteiger partial charge in [0.05, 0.1) is 5.69 Å².